The zero-order valence-corrected chi connectivity index (χ0v) is 25.3. The Balaban J connectivity index is 1.53. The topological polar surface area (TPSA) is 95.0 Å². The van der Waals surface area contributed by atoms with Crippen molar-refractivity contribution in [3.05, 3.63) is 69.8 Å². The highest BCUT2D eigenvalue weighted by atomic mass is 79.9. The van der Waals surface area contributed by atoms with Gasteiger partial charge in [0.05, 0.1) is 23.0 Å². The predicted molar refractivity (Wildman–Crippen MR) is 155 cm³/mol. The molecule has 2 saturated heterocycles. The zero-order chi connectivity index (χ0) is 28.9. The molecule has 40 heavy (non-hydrogen) atoms. The van der Waals surface area contributed by atoms with Crippen LogP contribution < -0.4 is 4.90 Å². The third kappa shape index (κ3) is 3.42. The number of fused-ring (bicyclic) bond motifs is 4. The fraction of sp³-hybridized carbons (Fsp3) is 0.379. The Morgan fingerprint density at radius 3 is 2.40 bits per heavy atom. The minimum Gasteiger partial charge on any atom is -0.507 e. The molecule has 2 aliphatic heterocycles. The van der Waals surface area contributed by atoms with Crippen molar-refractivity contribution in [2.75, 3.05) is 10.4 Å². The van der Waals surface area contributed by atoms with Crippen LogP contribution in [0.25, 0.3) is 0 Å². The molecule has 0 spiro atoms. The van der Waals surface area contributed by atoms with Crippen molar-refractivity contribution in [1.29, 1.82) is 0 Å². The first-order valence-electron chi connectivity index (χ1n) is 12.8. The lowest BCUT2D eigenvalue weighted by atomic mass is 9.56. The Bertz CT molecular complexity index is 1560. The van der Waals surface area contributed by atoms with E-state index >= 15 is 0 Å². The number of imide groups is 2. The van der Waals surface area contributed by atoms with Gasteiger partial charge in [0.25, 0.3) is 11.8 Å². The molecule has 2 aromatic rings. The number of aromatic hydroxyl groups is 1. The van der Waals surface area contributed by atoms with Crippen molar-refractivity contribution >= 4 is 80.0 Å². The lowest BCUT2D eigenvalue weighted by Gasteiger charge is -2.50. The number of phenols is 1. The highest BCUT2D eigenvalue weighted by molar-refractivity contribution is 9.09. The largest absolute Gasteiger partial charge is 0.507 e. The Morgan fingerprint density at radius 2 is 1.73 bits per heavy atom. The molecule has 6 unspecified atom stereocenters. The first-order chi connectivity index (χ1) is 18.9. The van der Waals surface area contributed by atoms with Crippen molar-refractivity contribution in [3.63, 3.8) is 0 Å². The first-order valence-corrected chi connectivity index (χ1v) is 15.1. The number of allylic oxidation sites excluding steroid dienone is 2. The van der Waals surface area contributed by atoms with E-state index in [1.54, 1.807) is 43.3 Å². The summed E-state index contributed by atoms with van der Waals surface area (Å²) in [5.41, 5.74) is 2.58. The molecule has 0 aromatic heterocycles. The summed E-state index contributed by atoms with van der Waals surface area (Å²) in [6.07, 6.45) is 1.95. The number of hydrogen-bond acceptors (Lipinski definition) is 5. The van der Waals surface area contributed by atoms with Crippen LogP contribution in [0, 0.1) is 31.6 Å². The number of halogens is 4. The number of anilines is 1. The van der Waals surface area contributed by atoms with Gasteiger partial charge in [-0.2, -0.15) is 0 Å². The summed E-state index contributed by atoms with van der Waals surface area (Å²) in [6, 6.07) is 10.1. The minimum atomic E-state index is -1.96. The second-order valence-corrected chi connectivity index (χ2v) is 13.1. The second kappa shape index (κ2) is 9.31. The van der Waals surface area contributed by atoms with Crippen LogP contribution in [0.5, 0.6) is 5.75 Å². The van der Waals surface area contributed by atoms with E-state index in [0.29, 0.717) is 27.4 Å². The maximum Gasteiger partial charge on any atom is 0.254 e. The quantitative estimate of drug-likeness (QED) is 0.200. The number of likely N-dealkylation sites (tertiary alicyclic amines) is 1. The SMILES string of the molecule is Cc1ccc(N2C(=O)C3CC=C4C(CC5(Cl)C(=O)N(CBr)C(=O)C5(Cl)C4c4cccc(C)c4O)C3C2=O)cc1Cl. The number of hydrogen-bond donors (Lipinski definition) is 1. The van der Waals surface area contributed by atoms with Crippen LogP contribution in [-0.2, 0) is 19.2 Å². The maximum absolute atomic E-state index is 14.0. The van der Waals surface area contributed by atoms with E-state index in [0.717, 1.165) is 15.4 Å². The molecular formula is C29H24BrCl3N2O5. The average molecular weight is 667 g/mol. The molecular weight excluding hydrogens is 643 g/mol. The maximum atomic E-state index is 14.0. The van der Waals surface area contributed by atoms with E-state index < -0.39 is 51.1 Å². The molecule has 6 atom stereocenters. The lowest BCUT2D eigenvalue weighted by Crippen LogP contribution is -2.60. The Morgan fingerprint density at radius 1 is 1.00 bits per heavy atom. The van der Waals surface area contributed by atoms with E-state index in [4.69, 9.17) is 34.8 Å². The predicted octanol–water partition coefficient (Wildman–Crippen LogP) is 5.58. The molecule has 2 aliphatic carbocycles. The molecule has 0 radical (unpaired) electrons. The van der Waals surface area contributed by atoms with Crippen molar-refractivity contribution in [3.8, 4) is 5.75 Å². The molecule has 208 valence electrons. The Hall–Kier alpha value is -2.39. The number of carbonyl (C=O) groups is 4. The molecule has 1 N–H and O–H groups in total. The molecule has 0 bridgehead atoms. The van der Waals surface area contributed by atoms with Crippen LogP contribution in [0.4, 0.5) is 5.69 Å². The van der Waals surface area contributed by atoms with Gasteiger partial charge in [-0.3, -0.25) is 24.1 Å². The van der Waals surface area contributed by atoms with Gasteiger partial charge in [0.15, 0.2) is 9.75 Å². The molecule has 2 heterocycles. The Labute approximate surface area is 254 Å². The molecule has 2 aromatic carbocycles. The zero-order valence-electron chi connectivity index (χ0n) is 21.5. The van der Waals surface area contributed by atoms with Gasteiger partial charge in [-0.15, -0.1) is 23.2 Å². The van der Waals surface area contributed by atoms with E-state index in [9.17, 15) is 24.3 Å². The molecule has 6 rings (SSSR count). The third-order valence-corrected chi connectivity index (χ3v) is 11.3. The summed E-state index contributed by atoms with van der Waals surface area (Å²) in [5, 5.41) is 11.6. The molecule has 3 fully saturated rings. The molecule has 1 saturated carbocycles. The monoisotopic (exact) mass is 664 g/mol. The molecule has 7 nitrogen and oxygen atoms in total. The van der Waals surface area contributed by atoms with E-state index in [1.807, 2.05) is 13.0 Å². The number of amides is 4. The summed E-state index contributed by atoms with van der Waals surface area (Å²) in [5.74, 6) is -5.42. The number of benzene rings is 2. The van der Waals surface area contributed by atoms with Crippen molar-refractivity contribution in [2.24, 2.45) is 17.8 Å². The smallest absolute Gasteiger partial charge is 0.254 e. The number of alkyl halides is 3. The fourth-order valence-electron chi connectivity index (χ4n) is 6.99. The van der Waals surface area contributed by atoms with Gasteiger partial charge in [0.1, 0.15) is 5.75 Å². The van der Waals surface area contributed by atoms with Gasteiger partial charge in [-0.1, -0.05) is 63.4 Å². The van der Waals surface area contributed by atoms with Gasteiger partial charge in [-0.05, 0) is 55.9 Å². The van der Waals surface area contributed by atoms with Crippen molar-refractivity contribution in [1.82, 2.24) is 4.90 Å². The average Bonchev–Trinajstić information content (AvgIpc) is 3.25. The molecule has 4 aliphatic rings. The van der Waals surface area contributed by atoms with Crippen LogP contribution >= 0.6 is 50.7 Å². The van der Waals surface area contributed by atoms with Gasteiger partial charge in [-0.25, -0.2) is 4.90 Å². The summed E-state index contributed by atoms with van der Waals surface area (Å²) in [7, 11) is 0. The number of carbonyl (C=O) groups excluding carboxylic acids is 4. The van der Waals surface area contributed by atoms with Gasteiger partial charge < -0.3 is 5.11 Å². The summed E-state index contributed by atoms with van der Waals surface area (Å²) in [4.78, 5) is 53.5. The number of aryl methyl sites for hydroxylation is 2. The highest BCUT2D eigenvalue weighted by Crippen LogP contribution is 2.66. The van der Waals surface area contributed by atoms with E-state index in [2.05, 4.69) is 15.9 Å². The van der Waals surface area contributed by atoms with Gasteiger partial charge in [0.2, 0.25) is 11.8 Å². The molecule has 11 heteroatoms. The highest BCUT2D eigenvalue weighted by Gasteiger charge is 2.76. The second-order valence-electron chi connectivity index (χ2n) is 10.9. The van der Waals surface area contributed by atoms with Gasteiger partial charge >= 0.3 is 0 Å². The summed E-state index contributed by atoms with van der Waals surface area (Å²) >= 11 is 23.9. The number of phenolic OH excluding ortho intramolecular Hbond substituents is 1. The van der Waals surface area contributed by atoms with Crippen LogP contribution in [0.2, 0.25) is 5.02 Å². The van der Waals surface area contributed by atoms with Crippen molar-refractivity contribution in [2.45, 2.75) is 42.4 Å². The van der Waals surface area contributed by atoms with Crippen molar-refractivity contribution < 1.29 is 24.3 Å². The standard InChI is InChI=1S/C29H24BrCl3N2O5/c1-13-6-7-15(10-20(13)31)35-24(37)17-9-8-16-19(21(17)25(35)38)11-28(32)26(39)34(12-30)27(40)29(28,33)22(16)18-5-3-4-14(2)23(18)36/h3-8,10,17,19,21-22,36H,9,11-12H2,1-2H3. The van der Waals surface area contributed by atoms with E-state index in [-0.39, 0.29) is 30.0 Å². The third-order valence-electron chi connectivity index (χ3n) is 9.01. The minimum absolute atomic E-state index is 0.0718. The van der Waals surface area contributed by atoms with Crippen LogP contribution in [0.15, 0.2) is 48.0 Å². The normalized spacial score (nSPS) is 33.2. The van der Waals surface area contributed by atoms with Crippen LogP contribution in [0.3, 0.4) is 0 Å². The van der Waals surface area contributed by atoms with Crippen LogP contribution in [0.1, 0.15) is 35.4 Å². The first kappa shape index (κ1) is 27.8. The summed E-state index contributed by atoms with van der Waals surface area (Å²) in [6.45, 7) is 3.54. The molecule has 4 amide bonds. The number of nitrogens with zero attached hydrogens (tertiary/aromatic N) is 2. The lowest BCUT2D eigenvalue weighted by molar-refractivity contribution is -0.138. The van der Waals surface area contributed by atoms with Crippen LogP contribution in [-0.4, -0.2) is 48.8 Å². The number of rotatable bonds is 3. The fourth-order valence-corrected chi connectivity index (χ4v) is 8.58. The van der Waals surface area contributed by atoms with E-state index in [1.165, 1.54) is 0 Å². The summed E-state index contributed by atoms with van der Waals surface area (Å²) < 4.78 is 0. The Kier molecular flexibility index (Phi) is 6.46. The number of para-hydroxylation sites is 1. The van der Waals surface area contributed by atoms with Gasteiger partial charge in [0, 0.05) is 16.5 Å².